The third-order valence-corrected chi connectivity index (χ3v) is 3.98. The Bertz CT molecular complexity index is 675. The van der Waals surface area contributed by atoms with Crippen LogP contribution in [0.4, 0.5) is 0 Å². The number of benzene rings is 2. The predicted octanol–water partition coefficient (Wildman–Crippen LogP) is 4.58. The first-order chi connectivity index (χ1) is 11.1. The summed E-state index contributed by atoms with van der Waals surface area (Å²) in [5.74, 6) is -0.0927. The Balaban J connectivity index is 2.05. The number of rotatable bonds is 7. The lowest BCUT2D eigenvalue weighted by molar-refractivity contribution is -0.140. The van der Waals surface area contributed by atoms with E-state index in [1.807, 2.05) is 55.5 Å². The number of hydrogen-bond acceptors (Lipinski definition) is 3. The standard InChI is InChI=1S/C20H22O3/c1-15-17(16-9-4-3-5-10-16)11-8-12-18(15)19(21)13-6-7-14-20(22)23-2/h3-5,8-12H,6-7,13-14H2,1-2H3. The summed E-state index contributed by atoms with van der Waals surface area (Å²) in [5, 5.41) is 0. The number of unbranched alkanes of at least 4 members (excludes halogenated alkanes) is 1. The quantitative estimate of drug-likeness (QED) is 0.427. The van der Waals surface area contributed by atoms with Gasteiger partial charge >= 0.3 is 5.97 Å². The molecule has 0 spiro atoms. The van der Waals surface area contributed by atoms with E-state index in [0.29, 0.717) is 25.7 Å². The van der Waals surface area contributed by atoms with Gasteiger partial charge in [0.05, 0.1) is 7.11 Å². The van der Waals surface area contributed by atoms with Gasteiger partial charge in [-0.05, 0) is 36.5 Å². The van der Waals surface area contributed by atoms with Crippen LogP contribution in [0, 0.1) is 6.92 Å². The van der Waals surface area contributed by atoms with Crippen molar-refractivity contribution in [1.82, 2.24) is 0 Å². The lowest BCUT2D eigenvalue weighted by atomic mass is 9.93. The highest BCUT2D eigenvalue weighted by Crippen LogP contribution is 2.26. The van der Waals surface area contributed by atoms with Crippen LogP contribution in [0.15, 0.2) is 48.5 Å². The third kappa shape index (κ3) is 4.52. The molecule has 0 saturated heterocycles. The van der Waals surface area contributed by atoms with E-state index >= 15 is 0 Å². The van der Waals surface area contributed by atoms with Crippen LogP contribution in [0.3, 0.4) is 0 Å². The first-order valence-electron chi connectivity index (χ1n) is 7.88. The molecular formula is C20H22O3. The highest BCUT2D eigenvalue weighted by molar-refractivity contribution is 5.99. The maximum atomic E-state index is 12.4. The van der Waals surface area contributed by atoms with E-state index in [-0.39, 0.29) is 11.8 Å². The largest absolute Gasteiger partial charge is 0.469 e. The van der Waals surface area contributed by atoms with Gasteiger partial charge in [0.2, 0.25) is 0 Å². The number of methoxy groups -OCH3 is 1. The molecule has 0 aliphatic heterocycles. The molecule has 23 heavy (non-hydrogen) atoms. The molecule has 0 fully saturated rings. The van der Waals surface area contributed by atoms with Crippen LogP contribution in [0.1, 0.15) is 41.6 Å². The van der Waals surface area contributed by atoms with Crippen LogP contribution in [-0.4, -0.2) is 18.9 Å². The van der Waals surface area contributed by atoms with Crippen LogP contribution >= 0.6 is 0 Å². The van der Waals surface area contributed by atoms with Crippen molar-refractivity contribution in [3.05, 3.63) is 59.7 Å². The first-order valence-corrected chi connectivity index (χ1v) is 7.88. The predicted molar refractivity (Wildman–Crippen MR) is 91.4 cm³/mol. The van der Waals surface area contributed by atoms with E-state index < -0.39 is 0 Å². The van der Waals surface area contributed by atoms with E-state index in [1.165, 1.54) is 7.11 Å². The van der Waals surface area contributed by atoms with Crippen molar-refractivity contribution in [1.29, 1.82) is 0 Å². The fourth-order valence-electron chi connectivity index (χ4n) is 2.66. The van der Waals surface area contributed by atoms with Gasteiger partial charge in [0.15, 0.2) is 5.78 Å². The Labute approximate surface area is 137 Å². The topological polar surface area (TPSA) is 43.4 Å². The molecule has 2 aromatic rings. The second kappa shape index (κ2) is 8.28. The number of hydrogen-bond donors (Lipinski definition) is 0. The maximum absolute atomic E-state index is 12.4. The number of carbonyl (C=O) groups excluding carboxylic acids is 2. The zero-order valence-electron chi connectivity index (χ0n) is 13.7. The molecule has 2 rings (SSSR count). The number of ether oxygens (including phenoxy) is 1. The number of Topliss-reactive ketones (excluding diaryl/α,β-unsaturated/α-hetero) is 1. The fraction of sp³-hybridized carbons (Fsp3) is 0.300. The Morgan fingerprint density at radius 1 is 0.913 bits per heavy atom. The van der Waals surface area contributed by atoms with Crippen molar-refractivity contribution < 1.29 is 14.3 Å². The average Bonchev–Trinajstić information content (AvgIpc) is 2.59. The molecule has 0 heterocycles. The molecule has 0 saturated carbocycles. The molecule has 0 aliphatic rings. The van der Waals surface area contributed by atoms with Gasteiger partial charge < -0.3 is 4.74 Å². The summed E-state index contributed by atoms with van der Waals surface area (Å²) in [6.45, 7) is 1.99. The summed E-state index contributed by atoms with van der Waals surface area (Å²) in [7, 11) is 1.38. The van der Waals surface area contributed by atoms with Crippen LogP contribution in [-0.2, 0) is 9.53 Å². The Morgan fingerprint density at radius 2 is 1.61 bits per heavy atom. The molecule has 0 amide bonds. The molecule has 0 aromatic heterocycles. The maximum Gasteiger partial charge on any atom is 0.305 e. The number of esters is 1. The van der Waals surface area contributed by atoms with E-state index in [9.17, 15) is 9.59 Å². The molecule has 3 nitrogen and oxygen atoms in total. The molecule has 120 valence electrons. The van der Waals surface area contributed by atoms with Crippen molar-refractivity contribution in [2.45, 2.75) is 32.6 Å². The summed E-state index contributed by atoms with van der Waals surface area (Å²) in [6, 6.07) is 15.9. The van der Waals surface area contributed by atoms with Crippen molar-refractivity contribution in [3.8, 4) is 11.1 Å². The SMILES string of the molecule is COC(=O)CCCCC(=O)c1cccc(-c2ccccc2)c1C. The average molecular weight is 310 g/mol. The molecule has 0 atom stereocenters. The van der Waals surface area contributed by atoms with Gasteiger partial charge in [-0.2, -0.15) is 0 Å². The fourth-order valence-corrected chi connectivity index (χ4v) is 2.66. The summed E-state index contributed by atoms with van der Waals surface area (Å²) >= 11 is 0. The van der Waals surface area contributed by atoms with Crippen molar-refractivity contribution in [3.63, 3.8) is 0 Å². The molecule has 0 radical (unpaired) electrons. The second-order valence-electron chi connectivity index (χ2n) is 5.55. The van der Waals surface area contributed by atoms with Crippen molar-refractivity contribution >= 4 is 11.8 Å². The highest BCUT2D eigenvalue weighted by atomic mass is 16.5. The van der Waals surface area contributed by atoms with Crippen LogP contribution < -0.4 is 0 Å². The Kier molecular flexibility index (Phi) is 6.10. The van der Waals surface area contributed by atoms with Crippen LogP contribution in [0.25, 0.3) is 11.1 Å². The molecule has 0 N–H and O–H groups in total. The number of carbonyl (C=O) groups is 2. The minimum absolute atomic E-state index is 0.130. The van der Waals surface area contributed by atoms with E-state index in [2.05, 4.69) is 4.74 Å². The van der Waals surface area contributed by atoms with E-state index in [1.54, 1.807) is 0 Å². The Hall–Kier alpha value is -2.42. The van der Waals surface area contributed by atoms with Gasteiger partial charge in [0.1, 0.15) is 0 Å². The number of ketones is 1. The molecule has 3 heteroatoms. The first kappa shape index (κ1) is 16.9. The van der Waals surface area contributed by atoms with E-state index in [4.69, 9.17) is 0 Å². The summed E-state index contributed by atoms with van der Waals surface area (Å²) in [5.41, 5.74) is 3.98. The summed E-state index contributed by atoms with van der Waals surface area (Å²) in [4.78, 5) is 23.5. The summed E-state index contributed by atoms with van der Waals surface area (Å²) < 4.78 is 4.60. The zero-order chi connectivity index (χ0) is 16.7. The minimum Gasteiger partial charge on any atom is -0.469 e. The smallest absolute Gasteiger partial charge is 0.305 e. The monoisotopic (exact) mass is 310 g/mol. The minimum atomic E-state index is -0.222. The van der Waals surface area contributed by atoms with Gasteiger partial charge in [-0.3, -0.25) is 9.59 Å². The van der Waals surface area contributed by atoms with Gasteiger partial charge in [0, 0.05) is 18.4 Å². The molecule has 0 aliphatic carbocycles. The van der Waals surface area contributed by atoms with E-state index in [0.717, 1.165) is 22.3 Å². The van der Waals surface area contributed by atoms with Crippen LogP contribution in [0.2, 0.25) is 0 Å². The molecule has 0 bridgehead atoms. The normalized spacial score (nSPS) is 10.3. The highest BCUT2D eigenvalue weighted by Gasteiger charge is 2.12. The lowest BCUT2D eigenvalue weighted by Gasteiger charge is -2.11. The van der Waals surface area contributed by atoms with Gasteiger partial charge in [-0.1, -0.05) is 48.5 Å². The van der Waals surface area contributed by atoms with Gasteiger partial charge in [0.25, 0.3) is 0 Å². The lowest BCUT2D eigenvalue weighted by Crippen LogP contribution is -2.04. The summed E-state index contributed by atoms with van der Waals surface area (Å²) in [6.07, 6.45) is 2.20. The van der Waals surface area contributed by atoms with Gasteiger partial charge in [-0.15, -0.1) is 0 Å². The molecular weight excluding hydrogens is 288 g/mol. The second-order valence-corrected chi connectivity index (χ2v) is 5.55. The third-order valence-electron chi connectivity index (χ3n) is 3.98. The zero-order valence-corrected chi connectivity index (χ0v) is 13.7. The van der Waals surface area contributed by atoms with Crippen LogP contribution in [0.5, 0.6) is 0 Å². The molecule has 0 unspecified atom stereocenters. The van der Waals surface area contributed by atoms with Crippen molar-refractivity contribution in [2.24, 2.45) is 0 Å². The Morgan fingerprint density at radius 3 is 2.30 bits per heavy atom. The van der Waals surface area contributed by atoms with Gasteiger partial charge in [-0.25, -0.2) is 0 Å². The molecule has 2 aromatic carbocycles. The van der Waals surface area contributed by atoms with Crippen molar-refractivity contribution in [2.75, 3.05) is 7.11 Å².